The van der Waals surface area contributed by atoms with E-state index in [4.69, 9.17) is 9.47 Å². The summed E-state index contributed by atoms with van der Waals surface area (Å²) in [6.45, 7) is 2.16. The van der Waals surface area contributed by atoms with E-state index in [-0.39, 0.29) is 12.0 Å². The molecule has 1 aliphatic carbocycles. The molecule has 0 aromatic heterocycles. The molecule has 6 nitrogen and oxygen atoms in total. The predicted molar refractivity (Wildman–Crippen MR) is 97.6 cm³/mol. The SMILES string of the molecule is COc1cccc([C@H]2NC(=O)NC(C)=C2C(=O)OCC2CCCCC2)c1. The molecule has 6 heteroatoms. The van der Waals surface area contributed by atoms with E-state index in [0.717, 1.165) is 18.4 Å². The minimum atomic E-state index is -0.558. The second kappa shape index (κ2) is 8.25. The van der Waals surface area contributed by atoms with Crippen molar-refractivity contribution in [3.8, 4) is 5.75 Å². The maximum atomic E-state index is 12.8. The van der Waals surface area contributed by atoms with Crippen LogP contribution in [0.1, 0.15) is 50.6 Å². The Kier molecular flexibility index (Phi) is 5.81. The van der Waals surface area contributed by atoms with Crippen LogP contribution in [0.2, 0.25) is 0 Å². The first-order valence-corrected chi connectivity index (χ1v) is 9.18. The molecule has 0 spiro atoms. The lowest BCUT2D eigenvalue weighted by Crippen LogP contribution is -2.45. The summed E-state index contributed by atoms with van der Waals surface area (Å²) in [5.41, 5.74) is 1.74. The van der Waals surface area contributed by atoms with E-state index in [2.05, 4.69) is 10.6 Å². The van der Waals surface area contributed by atoms with Crippen molar-refractivity contribution in [2.45, 2.75) is 45.1 Å². The van der Waals surface area contributed by atoms with Crippen molar-refractivity contribution in [1.29, 1.82) is 0 Å². The molecule has 1 aromatic rings. The van der Waals surface area contributed by atoms with Crippen molar-refractivity contribution in [1.82, 2.24) is 10.6 Å². The molecule has 0 saturated heterocycles. The van der Waals surface area contributed by atoms with Gasteiger partial charge in [-0.15, -0.1) is 0 Å². The number of ether oxygens (including phenoxy) is 2. The number of rotatable bonds is 5. The zero-order valence-electron chi connectivity index (χ0n) is 15.3. The van der Waals surface area contributed by atoms with Gasteiger partial charge in [0.15, 0.2) is 0 Å². The molecule has 2 N–H and O–H groups in total. The molecule has 0 bridgehead atoms. The molecule has 1 heterocycles. The lowest BCUT2D eigenvalue weighted by atomic mass is 9.90. The molecule has 140 valence electrons. The van der Waals surface area contributed by atoms with Crippen molar-refractivity contribution in [2.75, 3.05) is 13.7 Å². The first-order valence-electron chi connectivity index (χ1n) is 9.18. The van der Waals surface area contributed by atoms with Gasteiger partial charge in [-0.05, 0) is 43.4 Å². The van der Waals surface area contributed by atoms with Gasteiger partial charge < -0.3 is 20.1 Å². The van der Waals surface area contributed by atoms with Gasteiger partial charge in [-0.2, -0.15) is 0 Å². The molecule has 1 fully saturated rings. The Hall–Kier alpha value is -2.50. The summed E-state index contributed by atoms with van der Waals surface area (Å²) in [4.78, 5) is 24.7. The first-order chi connectivity index (χ1) is 12.6. The molecule has 1 atom stereocenters. The van der Waals surface area contributed by atoms with Gasteiger partial charge in [0.05, 0.1) is 25.3 Å². The Morgan fingerprint density at radius 2 is 2.00 bits per heavy atom. The molecule has 2 amide bonds. The molecule has 3 rings (SSSR count). The second-order valence-corrected chi connectivity index (χ2v) is 6.95. The van der Waals surface area contributed by atoms with Crippen LogP contribution >= 0.6 is 0 Å². The molecular weight excluding hydrogens is 332 g/mol. The van der Waals surface area contributed by atoms with E-state index in [1.165, 1.54) is 19.3 Å². The van der Waals surface area contributed by atoms with Crippen LogP contribution in [0.4, 0.5) is 4.79 Å². The van der Waals surface area contributed by atoms with Crippen LogP contribution in [-0.4, -0.2) is 25.7 Å². The van der Waals surface area contributed by atoms with E-state index < -0.39 is 6.04 Å². The smallest absolute Gasteiger partial charge is 0.338 e. The van der Waals surface area contributed by atoms with Crippen LogP contribution in [0.3, 0.4) is 0 Å². The molecule has 0 radical (unpaired) electrons. The summed E-state index contributed by atoms with van der Waals surface area (Å²) in [5.74, 6) is 0.728. The summed E-state index contributed by atoms with van der Waals surface area (Å²) >= 11 is 0. The highest BCUT2D eigenvalue weighted by Crippen LogP contribution is 2.30. The maximum absolute atomic E-state index is 12.8. The molecular formula is C20H26N2O4. The average molecular weight is 358 g/mol. The highest BCUT2D eigenvalue weighted by atomic mass is 16.5. The Bertz CT molecular complexity index is 708. The minimum absolute atomic E-state index is 0.334. The van der Waals surface area contributed by atoms with Crippen LogP contribution in [-0.2, 0) is 9.53 Å². The van der Waals surface area contributed by atoms with Gasteiger partial charge in [-0.1, -0.05) is 31.4 Å². The van der Waals surface area contributed by atoms with Crippen LogP contribution in [0, 0.1) is 5.92 Å². The zero-order chi connectivity index (χ0) is 18.5. The van der Waals surface area contributed by atoms with Gasteiger partial charge >= 0.3 is 12.0 Å². The quantitative estimate of drug-likeness (QED) is 0.791. The predicted octanol–water partition coefficient (Wildman–Crippen LogP) is 3.45. The summed E-state index contributed by atoms with van der Waals surface area (Å²) < 4.78 is 10.9. The first kappa shape index (κ1) is 18.3. The maximum Gasteiger partial charge on any atom is 0.338 e. The molecule has 1 aliphatic heterocycles. The third-order valence-electron chi connectivity index (χ3n) is 5.09. The number of allylic oxidation sites excluding steroid dienone is 1. The van der Waals surface area contributed by atoms with Gasteiger partial charge in [-0.25, -0.2) is 9.59 Å². The Morgan fingerprint density at radius 1 is 1.23 bits per heavy atom. The van der Waals surface area contributed by atoms with Gasteiger partial charge in [0.25, 0.3) is 0 Å². The van der Waals surface area contributed by atoms with Gasteiger partial charge in [0, 0.05) is 5.70 Å². The van der Waals surface area contributed by atoms with Crippen LogP contribution in [0.5, 0.6) is 5.75 Å². The van der Waals surface area contributed by atoms with Crippen molar-refractivity contribution >= 4 is 12.0 Å². The van der Waals surface area contributed by atoms with E-state index in [1.54, 1.807) is 14.0 Å². The van der Waals surface area contributed by atoms with Crippen molar-refractivity contribution in [3.05, 3.63) is 41.1 Å². The Labute approximate surface area is 153 Å². The third-order valence-corrected chi connectivity index (χ3v) is 5.09. The lowest BCUT2D eigenvalue weighted by molar-refractivity contribution is -0.141. The highest BCUT2D eigenvalue weighted by Gasteiger charge is 2.32. The molecule has 26 heavy (non-hydrogen) atoms. The molecule has 1 aromatic carbocycles. The summed E-state index contributed by atoms with van der Waals surface area (Å²) in [5, 5.41) is 5.49. The number of hydrogen-bond acceptors (Lipinski definition) is 4. The largest absolute Gasteiger partial charge is 0.497 e. The molecule has 0 unspecified atom stereocenters. The number of carbonyl (C=O) groups is 2. The highest BCUT2D eigenvalue weighted by molar-refractivity contribution is 5.95. The van der Waals surface area contributed by atoms with Gasteiger partial charge in [-0.3, -0.25) is 0 Å². The Morgan fingerprint density at radius 3 is 2.73 bits per heavy atom. The number of amides is 2. The zero-order valence-corrected chi connectivity index (χ0v) is 15.3. The topological polar surface area (TPSA) is 76.7 Å². The number of methoxy groups -OCH3 is 1. The number of esters is 1. The fourth-order valence-corrected chi connectivity index (χ4v) is 3.66. The number of hydrogen-bond donors (Lipinski definition) is 2. The number of carbonyl (C=O) groups excluding carboxylic acids is 2. The van der Waals surface area contributed by atoms with Crippen LogP contribution in [0.25, 0.3) is 0 Å². The van der Waals surface area contributed by atoms with Crippen molar-refractivity contribution in [3.63, 3.8) is 0 Å². The standard InChI is InChI=1S/C20H26N2O4/c1-13-17(19(23)26-12-14-7-4-3-5-8-14)18(22-20(24)21-13)15-9-6-10-16(11-15)25-2/h6,9-11,14,18H,3-5,7-8,12H2,1-2H3,(H2,21,22,24)/t18-/m1/s1. The fourth-order valence-electron chi connectivity index (χ4n) is 3.66. The number of nitrogens with one attached hydrogen (secondary N) is 2. The van der Waals surface area contributed by atoms with E-state index >= 15 is 0 Å². The molecule has 1 saturated carbocycles. The Balaban J connectivity index is 1.79. The van der Waals surface area contributed by atoms with Gasteiger partial charge in [0.2, 0.25) is 0 Å². The number of urea groups is 1. The number of benzene rings is 1. The van der Waals surface area contributed by atoms with Crippen molar-refractivity contribution in [2.24, 2.45) is 5.92 Å². The molecule has 2 aliphatic rings. The fraction of sp³-hybridized carbons (Fsp3) is 0.500. The van der Waals surface area contributed by atoms with E-state index in [0.29, 0.717) is 29.5 Å². The summed E-state index contributed by atoms with van der Waals surface area (Å²) in [6, 6.07) is 6.45. The monoisotopic (exact) mass is 358 g/mol. The summed E-state index contributed by atoms with van der Waals surface area (Å²) in [7, 11) is 1.58. The van der Waals surface area contributed by atoms with Crippen molar-refractivity contribution < 1.29 is 19.1 Å². The lowest BCUT2D eigenvalue weighted by Gasteiger charge is -2.29. The van der Waals surface area contributed by atoms with E-state index in [9.17, 15) is 9.59 Å². The van der Waals surface area contributed by atoms with Crippen LogP contribution < -0.4 is 15.4 Å². The van der Waals surface area contributed by atoms with Crippen LogP contribution in [0.15, 0.2) is 35.5 Å². The van der Waals surface area contributed by atoms with E-state index in [1.807, 2.05) is 24.3 Å². The third kappa shape index (κ3) is 4.18. The minimum Gasteiger partial charge on any atom is -0.497 e. The van der Waals surface area contributed by atoms with Gasteiger partial charge in [0.1, 0.15) is 5.75 Å². The summed E-state index contributed by atoms with van der Waals surface area (Å²) in [6.07, 6.45) is 5.89. The average Bonchev–Trinajstić information content (AvgIpc) is 2.66. The second-order valence-electron chi connectivity index (χ2n) is 6.95. The normalized spacial score (nSPS) is 21.0.